The van der Waals surface area contributed by atoms with Gasteiger partial charge in [0.05, 0.1) is 5.56 Å². The van der Waals surface area contributed by atoms with E-state index in [9.17, 15) is 0 Å². The van der Waals surface area contributed by atoms with E-state index >= 15 is 0 Å². The van der Waals surface area contributed by atoms with Gasteiger partial charge in [-0.05, 0) is 36.6 Å². The second-order valence-corrected chi connectivity index (χ2v) is 5.25. The van der Waals surface area contributed by atoms with Gasteiger partial charge in [-0.15, -0.1) is 0 Å². The largest absolute Gasteiger partial charge is 0.409 e. The highest BCUT2D eigenvalue weighted by Gasteiger charge is 2.21. The fourth-order valence-electron chi connectivity index (χ4n) is 2.71. The Morgan fingerprint density at radius 2 is 2.00 bits per heavy atom. The second kappa shape index (κ2) is 5.44. The summed E-state index contributed by atoms with van der Waals surface area (Å²) in [5.74, 6) is 0.871. The molecule has 0 saturated carbocycles. The lowest BCUT2D eigenvalue weighted by atomic mass is 9.99. The lowest BCUT2D eigenvalue weighted by Gasteiger charge is -2.31. The van der Waals surface area contributed by atoms with E-state index in [1.54, 1.807) is 0 Å². The van der Waals surface area contributed by atoms with E-state index in [1.165, 1.54) is 11.1 Å². The van der Waals surface area contributed by atoms with E-state index in [0.717, 1.165) is 31.0 Å². The summed E-state index contributed by atoms with van der Waals surface area (Å²) in [5, 5.41) is 12.1. The van der Waals surface area contributed by atoms with E-state index in [4.69, 9.17) is 10.9 Å². The van der Waals surface area contributed by atoms with Crippen molar-refractivity contribution in [2.24, 2.45) is 10.9 Å². The van der Waals surface area contributed by atoms with Crippen molar-refractivity contribution in [3.05, 3.63) is 58.8 Å². The maximum Gasteiger partial charge on any atom is 0.173 e. The predicted octanol–water partition coefficient (Wildman–Crippen LogP) is 2.05. The number of rotatable bonds is 2. The van der Waals surface area contributed by atoms with E-state index < -0.39 is 0 Å². The lowest BCUT2D eigenvalue weighted by molar-refractivity contribution is 0.318. The average Bonchev–Trinajstić information content (AvgIpc) is 2.53. The molecule has 0 unspecified atom stereocenters. The van der Waals surface area contributed by atoms with Gasteiger partial charge in [0.15, 0.2) is 5.84 Å². The van der Waals surface area contributed by atoms with Gasteiger partial charge in [-0.2, -0.15) is 0 Å². The van der Waals surface area contributed by atoms with Crippen LogP contribution < -0.4 is 10.6 Å². The van der Waals surface area contributed by atoms with Crippen molar-refractivity contribution in [1.29, 1.82) is 0 Å². The molecule has 5 heteroatoms. The third kappa shape index (κ3) is 2.54. The number of anilines is 1. The van der Waals surface area contributed by atoms with Gasteiger partial charge in [-0.1, -0.05) is 29.4 Å². The number of hydrogen-bond donors (Lipinski definition) is 2. The highest BCUT2D eigenvalue weighted by atomic mass is 16.4. The molecule has 0 aliphatic carbocycles. The minimum absolute atomic E-state index is 0.0939. The lowest BCUT2D eigenvalue weighted by Crippen LogP contribution is -2.33. The summed E-state index contributed by atoms with van der Waals surface area (Å²) in [6, 6.07) is 12.2. The van der Waals surface area contributed by atoms with Crippen molar-refractivity contribution in [1.82, 2.24) is 4.98 Å². The molecule has 1 aliphatic heterocycles. The molecule has 0 bridgehead atoms. The van der Waals surface area contributed by atoms with Gasteiger partial charge in [0.25, 0.3) is 0 Å². The number of benzene rings is 1. The molecular weight excluding hydrogens is 264 g/mol. The topological polar surface area (TPSA) is 74.7 Å². The van der Waals surface area contributed by atoms with Crippen LogP contribution in [0.25, 0.3) is 0 Å². The van der Waals surface area contributed by atoms with E-state index in [2.05, 4.69) is 39.3 Å². The molecular formula is C16H18N4O. The Morgan fingerprint density at radius 1 is 1.24 bits per heavy atom. The number of aromatic nitrogens is 1. The van der Waals surface area contributed by atoms with Crippen LogP contribution in [-0.2, 0) is 13.0 Å². The monoisotopic (exact) mass is 282 g/mol. The molecule has 0 amide bonds. The fourth-order valence-corrected chi connectivity index (χ4v) is 2.71. The van der Waals surface area contributed by atoms with Gasteiger partial charge < -0.3 is 15.8 Å². The van der Waals surface area contributed by atoms with Crippen LogP contribution in [0.5, 0.6) is 0 Å². The predicted molar refractivity (Wildman–Crippen MR) is 82.7 cm³/mol. The quantitative estimate of drug-likeness (QED) is 0.382. The number of pyridine rings is 1. The highest BCUT2D eigenvalue weighted by molar-refractivity contribution is 6.01. The summed E-state index contributed by atoms with van der Waals surface area (Å²) >= 11 is 0. The van der Waals surface area contributed by atoms with Crippen molar-refractivity contribution in [2.75, 3.05) is 11.4 Å². The first kappa shape index (κ1) is 13.4. The number of nitrogens with zero attached hydrogens (tertiary/aromatic N) is 3. The van der Waals surface area contributed by atoms with Crippen LogP contribution in [0.3, 0.4) is 0 Å². The molecule has 3 N–H and O–H groups in total. The maximum atomic E-state index is 8.95. The van der Waals surface area contributed by atoms with Crippen molar-refractivity contribution in [3.63, 3.8) is 0 Å². The zero-order chi connectivity index (χ0) is 14.8. The molecule has 1 aliphatic rings. The third-order valence-corrected chi connectivity index (χ3v) is 3.83. The Labute approximate surface area is 123 Å². The molecule has 2 aromatic rings. The van der Waals surface area contributed by atoms with Gasteiger partial charge in [0.2, 0.25) is 0 Å². The van der Waals surface area contributed by atoms with Gasteiger partial charge in [0.1, 0.15) is 5.82 Å². The first-order chi connectivity index (χ1) is 10.2. The fraction of sp³-hybridized carbons (Fsp3) is 0.250. The summed E-state index contributed by atoms with van der Waals surface area (Å²) in [6.45, 7) is 3.61. The molecule has 2 heterocycles. The van der Waals surface area contributed by atoms with Gasteiger partial charge in [-0.3, -0.25) is 0 Å². The number of nitrogens with two attached hydrogens (primary N) is 1. The zero-order valence-electron chi connectivity index (χ0n) is 12.0. The number of aryl methyl sites for hydroxylation is 1. The molecule has 0 atom stereocenters. The number of hydrogen-bond acceptors (Lipinski definition) is 4. The van der Waals surface area contributed by atoms with Crippen LogP contribution >= 0.6 is 0 Å². The minimum Gasteiger partial charge on any atom is -0.409 e. The summed E-state index contributed by atoms with van der Waals surface area (Å²) in [7, 11) is 0. The zero-order valence-corrected chi connectivity index (χ0v) is 12.0. The first-order valence-electron chi connectivity index (χ1n) is 6.96. The molecule has 0 spiro atoms. The van der Waals surface area contributed by atoms with Crippen LogP contribution in [0.2, 0.25) is 0 Å². The highest BCUT2D eigenvalue weighted by Crippen LogP contribution is 2.26. The molecule has 0 saturated heterocycles. The van der Waals surface area contributed by atoms with Crippen LogP contribution in [0.1, 0.15) is 22.4 Å². The minimum atomic E-state index is 0.0939. The standard InChI is InChI=1S/C16H18N4O/c1-11-6-7-14(15(17)19-21)16(18-11)20-9-8-12-4-2-3-5-13(12)10-20/h2-7,21H,8-10H2,1H3,(H2,17,19). The summed E-state index contributed by atoms with van der Waals surface area (Å²) in [4.78, 5) is 6.78. The first-order valence-corrected chi connectivity index (χ1v) is 6.96. The maximum absolute atomic E-state index is 8.95. The normalized spacial score (nSPS) is 14.9. The molecule has 5 nitrogen and oxygen atoms in total. The summed E-state index contributed by atoms with van der Waals surface area (Å²) in [5.41, 5.74) is 10.0. The van der Waals surface area contributed by atoms with Gasteiger partial charge >= 0.3 is 0 Å². The molecule has 3 rings (SSSR count). The van der Waals surface area contributed by atoms with Crippen molar-refractivity contribution >= 4 is 11.7 Å². The van der Waals surface area contributed by atoms with E-state index in [-0.39, 0.29) is 5.84 Å². The Balaban J connectivity index is 2.00. The average molecular weight is 282 g/mol. The van der Waals surface area contributed by atoms with Crippen LogP contribution in [0.4, 0.5) is 5.82 Å². The summed E-state index contributed by atoms with van der Waals surface area (Å²) in [6.07, 6.45) is 0.974. The molecule has 108 valence electrons. The number of oxime groups is 1. The van der Waals surface area contributed by atoms with Gasteiger partial charge in [-0.25, -0.2) is 4.98 Å². The Bertz CT molecular complexity index is 696. The third-order valence-electron chi connectivity index (χ3n) is 3.83. The Hall–Kier alpha value is -2.56. The van der Waals surface area contributed by atoms with E-state index in [0.29, 0.717) is 5.56 Å². The number of fused-ring (bicyclic) bond motifs is 1. The van der Waals surface area contributed by atoms with Crippen LogP contribution in [0, 0.1) is 6.92 Å². The van der Waals surface area contributed by atoms with E-state index in [1.807, 2.05) is 19.1 Å². The van der Waals surface area contributed by atoms with Crippen molar-refractivity contribution in [3.8, 4) is 0 Å². The molecule has 21 heavy (non-hydrogen) atoms. The molecule has 0 radical (unpaired) electrons. The summed E-state index contributed by atoms with van der Waals surface area (Å²) < 4.78 is 0. The SMILES string of the molecule is Cc1ccc(C(N)=NO)c(N2CCc3ccccc3C2)n1. The van der Waals surface area contributed by atoms with Crippen molar-refractivity contribution < 1.29 is 5.21 Å². The van der Waals surface area contributed by atoms with Crippen LogP contribution in [0.15, 0.2) is 41.6 Å². The smallest absolute Gasteiger partial charge is 0.173 e. The molecule has 1 aromatic heterocycles. The van der Waals surface area contributed by atoms with Crippen molar-refractivity contribution in [2.45, 2.75) is 19.9 Å². The number of amidine groups is 1. The Morgan fingerprint density at radius 3 is 2.76 bits per heavy atom. The molecule has 0 fully saturated rings. The second-order valence-electron chi connectivity index (χ2n) is 5.25. The van der Waals surface area contributed by atoms with Gasteiger partial charge in [0, 0.05) is 18.8 Å². The Kier molecular flexibility index (Phi) is 3.48. The molecule has 1 aromatic carbocycles. The van der Waals surface area contributed by atoms with Crippen LogP contribution in [-0.4, -0.2) is 22.6 Å².